The Morgan fingerprint density at radius 3 is 2.73 bits per heavy atom. The van der Waals surface area contributed by atoms with Crippen molar-refractivity contribution in [3.8, 4) is 5.75 Å². The lowest BCUT2D eigenvalue weighted by Gasteiger charge is -2.26. The van der Waals surface area contributed by atoms with Crippen LogP contribution in [0.1, 0.15) is 28.8 Å². The molecule has 12 heteroatoms. The number of H-pyrrole nitrogens is 1. The number of hydrogen-bond acceptors (Lipinski definition) is 8. The van der Waals surface area contributed by atoms with E-state index < -0.39 is 11.7 Å². The number of rotatable bonds is 7. The molecular weight excluding hydrogens is 527 g/mol. The Balaban J connectivity index is 1.35. The van der Waals surface area contributed by atoms with Gasteiger partial charge in [-0.1, -0.05) is 6.07 Å². The van der Waals surface area contributed by atoms with E-state index in [9.17, 15) is 14.0 Å². The van der Waals surface area contributed by atoms with E-state index in [0.717, 1.165) is 37.1 Å². The van der Waals surface area contributed by atoms with Gasteiger partial charge in [0.2, 0.25) is 11.9 Å². The molecule has 2 aliphatic heterocycles. The summed E-state index contributed by atoms with van der Waals surface area (Å²) in [6.45, 7) is 1.53. The molecule has 4 heterocycles. The van der Waals surface area contributed by atoms with Crippen molar-refractivity contribution in [2.45, 2.75) is 25.3 Å². The Morgan fingerprint density at radius 1 is 1.12 bits per heavy atom. The predicted octanol–water partition coefficient (Wildman–Crippen LogP) is 3.94. The molecule has 2 amide bonds. The van der Waals surface area contributed by atoms with Crippen molar-refractivity contribution < 1.29 is 18.7 Å². The van der Waals surface area contributed by atoms with Gasteiger partial charge in [0, 0.05) is 25.5 Å². The summed E-state index contributed by atoms with van der Waals surface area (Å²) in [5.41, 5.74) is 3.15. The minimum atomic E-state index is -0.655. The largest absolute Gasteiger partial charge is 0.495 e. The van der Waals surface area contributed by atoms with Gasteiger partial charge in [0.15, 0.2) is 0 Å². The van der Waals surface area contributed by atoms with E-state index in [0.29, 0.717) is 34.8 Å². The van der Waals surface area contributed by atoms with Crippen LogP contribution < -0.4 is 25.6 Å². The Morgan fingerprint density at radius 2 is 1.98 bits per heavy atom. The van der Waals surface area contributed by atoms with Gasteiger partial charge < -0.3 is 30.6 Å². The lowest BCUT2D eigenvalue weighted by Crippen LogP contribution is -2.43. The molecule has 11 nitrogen and oxygen atoms in total. The van der Waals surface area contributed by atoms with Crippen LogP contribution in [0, 0.1) is 5.82 Å². The summed E-state index contributed by atoms with van der Waals surface area (Å²) in [5.74, 6) is 0.0952. The van der Waals surface area contributed by atoms with Crippen LogP contribution in [0.4, 0.5) is 33.2 Å². The number of likely N-dealkylation sites (tertiary alicyclic amines) is 1. The van der Waals surface area contributed by atoms with Crippen molar-refractivity contribution in [3.63, 3.8) is 0 Å². The first kappa shape index (κ1) is 26.5. The fraction of sp³-hybridized carbons (Fsp3) is 0.310. The van der Waals surface area contributed by atoms with Crippen molar-refractivity contribution in [3.05, 3.63) is 59.5 Å². The molecule has 4 N–H and O–H groups in total. The van der Waals surface area contributed by atoms with Gasteiger partial charge in [-0.15, -0.1) is 0 Å². The van der Waals surface area contributed by atoms with E-state index in [4.69, 9.17) is 4.74 Å². The highest BCUT2D eigenvalue weighted by atomic mass is 19.1. The summed E-state index contributed by atoms with van der Waals surface area (Å²) in [6, 6.07) is 9.88. The number of carbonyl (C=O) groups is 2. The molecule has 2 aromatic carbocycles. The molecular formula is C29H31FN8O3. The number of ether oxygens (including phenoxy) is 1. The summed E-state index contributed by atoms with van der Waals surface area (Å²) in [4.78, 5) is 42.2. The number of nitrogens with one attached hydrogen (secondary N) is 4. The highest BCUT2D eigenvalue weighted by molar-refractivity contribution is 6.02. The second-order valence-electron chi connectivity index (χ2n) is 10.2. The average Bonchev–Trinajstić information content (AvgIpc) is 3.71. The number of anilines is 5. The normalized spacial score (nSPS) is 16.6. The van der Waals surface area contributed by atoms with Crippen LogP contribution >= 0.6 is 0 Å². The average molecular weight is 559 g/mol. The molecule has 0 radical (unpaired) electrons. The number of amides is 2. The number of carbonyl (C=O) groups excluding carboxylic acids is 2. The summed E-state index contributed by atoms with van der Waals surface area (Å²) in [5, 5.41) is 9.49. The third-order valence-corrected chi connectivity index (χ3v) is 7.75. The van der Waals surface area contributed by atoms with Crippen molar-refractivity contribution in [2.75, 3.05) is 49.8 Å². The lowest BCUT2D eigenvalue weighted by molar-refractivity contribution is -0.122. The second-order valence-corrected chi connectivity index (χ2v) is 10.2. The van der Waals surface area contributed by atoms with Gasteiger partial charge in [0.05, 0.1) is 35.5 Å². The van der Waals surface area contributed by atoms with Gasteiger partial charge in [-0.3, -0.25) is 14.5 Å². The number of benzene rings is 2. The van der Waals surface area contributed by atoms with Gasteiger partial charge in [-0.05, 0) is 68.8 Å². The first-order chi connectivity index (χ1) is 19.9. The fourth-order valence-corrected chi connectivity index (χ4v) is 5.64. The van der Waals surface area contributed by atoms with Crippen LogP contribution in [-0.4, -0.2) is 72.0 Å². The number of halogens is 1. The smallest absolute Gasteiger partial charge is 0.256 e. The first-order valence-electron chi connectivity index (χ1n) is 13.5. The van der Waals surface area contributed by atoms with E-state index in [-0.39, 0.29) is 29.1 Å². The Bertz CT molecular complexity index is 1650. The Labute approximate surface area is 236 Å². The zero-order valence-electron chi connectivity index (χ0n) is 23.0. The molecule has 0 spiro atoms. The third kappa shape index (κ3) is 4.80. The number of aromatic nitrogens is 3. The van der Waals surface area contributed by atoms with Gasteiger partial charge in [-0.25, -0.2) is 4.39 Å². The van der Waals surface area contributed by atoms with E-state index in [1.807, 2.05) is 24.1 Å². The van der Waals surface area contributed by atoms with E-state index in [2.05, 4.69) is 35.8 Å². The van der Waals surface area contributed by atoms with Crippen LogP contribution in [0.2, 0.25) is 0 Å². The Hall–Kier alpha value is -4.71. The monoisotopic (exact) mass is 558 g/mol. The van der Waals surface area contributed by atoms with Crippen LogP contribution in [0.3, 0.4) is 0 Å². The molecule has 1 saturated heterocycles. The molecule has 4 aromatic rings. The number of hydrogen-bond donors (Lipinski definition) is 4. The third-order valence-electron chi connectivity index (χ3n) is 7.75. The predicted molar refractivity (Wildman–Crippen MR) is 155 cm³/mol. The van der Waals surface area contributed by atoms with Crippen LogP contribution in [0.25, 0.3) is 11.0 Å². The summed E-state index contributed by atoms with van der Waals surface area (Å²) in [6.07, 6.45) is 4.33. The molecule has 41 heavy (non-hydrogen) atoms. The van der Waals surface area contributed by atoms with Gasteiger partial charge in [0.25, 0.3) is 5.91 Å². The molecule has 1 atom stereocenters. The zero-order valence-corrected chi connectivity index (χ0v) is 23.0. The van der Waals surface area contributed by atoms with E-state index >= 15 is 0 Å². The maximum absolute atomic E-state index is 14.6. The minimum absolute atomic E-state index is 0.109. The van der Waals surface area contributed by atoms with Crippen LogP contribution in [0.15, 0.2) is 42.6 Å². The number of fused-ring (bicyclic) bond motifs is 2. The number of aromatic amines is 1. The van der Waals surface area contributed by atoms with Crippen molar-refractivity contribution in [2.24, 2.45) is 0 Å². The lowest BCUT2D eigenvalue weighted by atomic mass is 10.1. The molecule has 0 saturated carbocycles. The maximum atomic E-state index is 14.6. The Kier molecular flexibility index (Phi) is 6.91. The first-order valence-corrected chi connectivity index (χ1v) is 13.5. The SMILES string of the molecule is CNC(=O)c1c(F)cccc1Nc1nc(Nc2cc3c(cc2OC)CCN3C(=O)[C@@H]2CCCN2C)nc2[nH]ccc12. The van der Waals surface area contributed by atoms with Gasteiger partial charge in [0.1, 0.15) is 23.0 Å². The standard InChI is InChI=1S/C29H31FN8O3/c1-31-27(39)24-18(30)6-4-7-19(24)33-26-17-9-11-32-25(17)35-29(36-26)34-20-15-22-16(14-23(20)41-3)10-13-38(22)28(40)21-8-5-12-37(21)2/h4,6-7,9,11,14-15,21H,5,8,10,12-13H2,1-3H3,(H,31,39)(H3,32,33,34,35,36)/t21-/m0/s1. The second kappa shape index (κ2) is 10.7. The molecule has 1 fully saturated rings. The topological polar surface area (TPSA) is 128 Å². The molecule has 0 bridgehead atoms. The maximum Gasteiger partial charge on any atom is 0.256 e. The molecule has 0 aliphatic carbocycles. The summed E-state index contributed by atoms with van der Waals surface area (Å²) >= 11 is 0. The molecule has 212 valence electrons. The van der Waals surface area contributed by atoms with E-state index in [1.165, 1.54) is 19.2 Å². The van der Waals surface area contributed by atoms with E-state index in [1.54, 1.807) is 25.4 Å². The highest BCUT2D eigenvalue weighted by Gasteiger charge is 2.35. The zero-order chi connectivity index (χ0) is 28.7. The molecule has 2 aliphatic rings. The number of likely N-dealkylation sites (N-methyl/N-ethyl adjacent to an activating group) is 1. The van der Waals surface area contributed by atoms with Crippen molar-refractivity contribution in [1.82, 2.24) is 25.2 Å². The summed E-state index contributed by atoms with van der Waals surface area (Å²) in [7, 11) is 5.03. The molecule has 2 aromatic heterocycles. The quantitative estimate of drug-likeness (QED) is 0.269. The van der Waals surface area contributed by atoms with Crippen LogP contribution in [0.5, 0.6) is 5.75 Å². The minimum Gasteiger partial charge on any atom is -0.495 e. The van der Waals surface area contributed by atoms with Crippen molar-refractivity contribution >= 4 is 51.7 Å². The van der Waals surface area contributed by atoms with Crippen LogP contribution in [-0.2, 0) is 11.2 Å². The van der Waals surface area contributed by atoms with Gasteiger partial charge >= 0.3 is 0 Å². The van der Waals surface area contributed by atoms with Gasteiger partial charge in [-0.2, -0.15) is 9.97 Å². The number of nitrogens with zero attached hydrogens (tertiary/aromatic N) is 4. The number of methoxy groups -OCH3 is 1. The van der Waals surface area contributed by atoms with Crippen molar-refractivity contribution in [1.29, 1.82) is 0 Å². The fourth-order valence-electron chi connectivity index (χ4n) is 5.64. The highest BCUT2D eigenvalue weighted by Crippen LogP contribution is 2.39. The molecule has 6 rings (SSSR count). The molecule has 0 unspecified atom stereocenters. The summed E-state index contributed by atoms with van der Waals surface area (Å²) < 4.78 is 20.3.